The second-order valence-electron chi connectivity index (χ2n) is 5.13. The number of nitrogens with one attached hydrogen (secondary N) is 1. The van der Waals surface area contributed by atoms with E-state index in [0.29, 0.717) is 11.6 Å². The van der Waals surface area contributed by atoms with Gasteiger partial charge in [0.05, 0.1) is 11.1 Å². The first-order valence-corrected chi connectivity index (χ1v) is 6.81. The molecule has 1 atom stereocenters. The maximum atomic E-state index is 11.7. The number of nitrogens with two attached hydrogens (primary N) is 1. The van der Waals surface area contributed by atoms with Crippen molar-refractivity contribution in [1.29, 1.82) is 0 Å². The third-order valence-corrected chi connectivity index (χ3v) is 3.89. The number of nitrogens with zero attached hydrogens (tertiary/aromatic N) is 2. The number of aromatic nitrogens is 1. The normalized spacial score (nSPS) is 18.6. The van der Waals surface area contributed by atoms with Crippen molar-refractivity contribution in [3.63, 3.8) is 0 Å². The van der Waals surface area contributed by atoms with Crippen molar-refractivity contribution in [2.45, 2.75) is 12.5 Å². The van der Waals surface area contributed by atoms with Gasteiger partial charge in [0, 0.05) is 24.5 Å². The number of hydrogen-bond donors (Lipinski definition) is 2. The lowest BCUT2D eigenvalue weighted by molar-refractivity contribution is 0.100. The molecule has 2 heterocycles. The number of pyridine rings is 1. The summed E-state index contributed by atoms with van der Waals surface area (Å²) in [6.07, 6.45) is 1.08. The highest BCUT2D eigenvalue weighted by Crippen LogP contribution is 2.25. The summed E-state index contributed by atoms with van der Waals surface area (Å²) < 4.78 is 0. The van der Waals surface area contributed by atoms with E-state index < -0.39 is 5.91 Å². The van der Waals surface area contributed by atoms with Crippen LogP contribution >= 0.6 is 0 Å². The molecule has 5 heteroatoms. The molecule has 1 saturated heterocycles. The lowest BCUT2D eigenvalue weighted by atomic mass is 10.1. The highest BCUT2D eigenvalue weighted by atomic mass is 16.1. The number of para-hydroxylation sites is 1. The van der Waals surface area contributed by atoms with Crippen LogP contribution in [0.15, 0.2) is 30.3 Å². The molecule has 1 fully saturated rings. The van der Waals surface area contributed by atoms with E-state index in [9.17, 15) is 4.79 Å². The van der Waals surface area contributed by atoms with E-state index in [1.165, 1.54) is 0 Å². The van der Waals surface area contributed by atoms with Crippen molar-refractivity contribution in [3.05, 3.63) is 35.9 Å². The summed E-state index contributed by atoms with van der Waals surface area (Å²) in [4.78, 5) is 18.5. The standard InChI is InChI=1S/C15H18N4O/c1-17-10-6-7-19(9-10)14-8-12(15(16)20)11-4-2-3-5-13(11)18-14/h2-5,8,10,17H,6-7,9H2,1H3,(H2,16,20). The Hall–Kier alpha value is -2.14. The van der Waals surface area contributed by atoms with E-state index in [0.717, 1.165) is 36.2 Å². The Labute approximate surface area is 117 Å². The molecule has 20 heavy (non-hydrogen) atoms. The average Bonchev–Trinajstić information content (AvgIpc) is 2.95. The van der Waals surface area contributed by atoms with E-state index in [2.05, 4.69) is 15.2 Å². The number of hydrogen-bond acceptors (Lipinski definition) is 4. The molecule has 5 nitrogen and oxygen atoms in total. The van der Waals surface area contributed by atoms with Gasteiger partial charge in [0.25, 0.3) is 0 Å². The molecule has 0 aliphatic carbocycles. The van der Waals surface area contributed by atoms with Crippen molar-refractivity contribution in [3.8, 4) is 0 Å². The van der Waals surface area contributed by atoms with Gasteiger partial charge in [-0.05, 0) is 25.6 Å². The maximum Gasteiger partial charge on any atom is 0.249 e. The third-order valence-electron chi connectivity index (χ3n) is 3.89. The fourth-order valence-corrected chi connectivity index (χ4v) is 2.73. The SMILES string of the molecule is CNC1CCN(c2cc(C(N)=O)c3ccccc3n2)C1. The van der Waals surface area contributed by atoms with Crippen LogP contribution in [-0.2, 0) is 0 Å². The van der Waals surface area contributed by atoms with Gasteiger partial charge in [-0.2, -0.15) is 0 Å². The predicted molar refractivity (Wildman–Crippen MR) is 79.9 cm³/mol. The number of anilines is 1. The lowest BCUT2D eigenvalue weighted by Crippen LogP contribution is -2.30. The number of fused-ring (bicyclic) bond motifs is 1. The Bertz CT molecular complexity index is 655. The van der Waals surface area contributed by atoms with Crippen LogP contribution in [0.1, 0.15) is 16.8 Å². The van der Waals surface area contributed by atoms with Crippen molar-refractivity contribution < 1.29 is 4.79 Å². The van der Waals surface area contributed by atoms with Gasteiger partial charge in [0.15, 0.2) is 0 Å². The van der Waals surface area contributed by atoms with Crippen LogP contribution in [0, 0.1) is 0 Å². The van der Waals surface area contributed by atoms with Crippen LogP contribution in [-0.4, -0.2) is 37.1 Å². The van der Waals surface area contributed by atoms with Crippen LogP contribution in [0.2, 0.25) is 0 Å². The van der Waals surface area contributed by atoms with Crippen molar-refractivity contribution in [1.82, 2.24) is 10.3 Å². The first-order chi connectivity index (χ1) is 9.69. The fourth-order valence-electron chi connectivity index (χ4n) is 2.73. The first kappa shape index (κ1) is 12.9. The van der Waals surface area contributed by atoms with Gasteiger partial charge < -0.3 is 16.0 Å². The van der Waals surface area contributed by atoms with Crippen molar-refractivity contribution in [2.24, 2.45) is 5.73 Å². The first-order valence-electron chi connectivity index (χ1n) is 6.81. The molecule has 104 valence electrons. The molecule has 2 aromatic rings. The van der Waals surface area contributed by atoms with E-state index in [1.807, 2.05) is 37.4 Å². The second kappa shape index (κ2) is 5.09. The molecule has 1 amide bonds. The zero-order valence-corrected chi connectivity index (χ0v) is 11.5. The van der Waals surface area contributed by atoms with Gasteiger partial charge in [-0.3, -0.25) is 4.79 Å². The molecule has 1 aromatic carbocycles. The molecular formula is C15H18N4O. The Morgan fingerprint density at radius 1 is 1.45 bits per heavy atom. The summed E-state index contributed by atoms with van der Waals surface area (Å²) in [6, 6.07) is 9.89. The Kier molecular flexibility index (Phi) is 3.28. The lowest BCUT2D eigenvalue weighted by Gasteiger charge is -2.19. The van der Waals surface area contributed by atoms with E-state index in [4.69, 9.17) is 5.73 Å². The predicted octanol–water partition coefficient (Wildman–Crippen LogP) is 1.13. The molecular weight excluding hydrogens is 252 g/mol. The summed E-state index contributed by atoms with van der Waals surface area (Å²) >= 11 is 0. The van der Waals surface area contributed by atoms with Crippen molar-refractivity contribution in [2.75, 3.05) is 25.0 Å². The average molecular weight is 270 g/mol. The van der Waals surface area contributed by atoms with Crippen LogP contribution in [0.3, 0.4) is 0 Å². The Morgan fingerprint density at radius 2 is 2.25 bits per heavy atom. The van der Waals surface area contributed by atoms with Gasteiger partial charge in [-0.15, -0.1) is 0 Å². The highest BCUT2D eigenvalue weighted by molar-refractivity contribution is 6.06. The van der Waals surface area contributed by atoms with Crippen LogP contribution in [0.25, 0.3) is 10.9 Å². The highest BCUT2D eigenvalue weighted by Gasteiger charge is 2.23. The number of carbonyl (C=O) groups is 1. The van der Waals surface area contributed by atoms with Gasteiger partial charge in [0.1, 0.15) is 5.82 Å². The summed E-state index contributed by atoms with van der Waals surface area (Å²) in [6.45, 7) is 1.84. The molecule has 1 unspecified atom stereocenters. The van der Waals surface area contributed by atoms with Gasteiger partial charge in [0.2, 0.25) is 5.91 Å². The topological polar surface area (TPSA) is 71.2 Å². The van der Waals surface area contributed by atoms with Crippen LogP contribution < -0.4 is 16.0 Å². The fraction of sp³-hybridized carbons (Fsp3) is 0.333. The summed E-state index contributed by atoms with van der Waals surface area (Å²) in [5.41, 5.74) is 6.86. The molecule has 1 aliphatic heterocycles. The summed E-state index contributed by atoms with van der Waals surface area (Å²) in [7, 11) is 1.97. The van der Waals surface area contributed by atoms with Crippen LogP contribution in [0.5, 0.6) is 0 Å². The Morgan fingerprint density at radius 3 is 2.95 bits per heavy atom. The van der Waals surface area contributed by atoms with Gasteiger partial charge in [-0.25, -0.2) is 4.98 Å². The third kappa shape index (κ3) is 2.20. The van der Waals surface area contributed by atoms with Crippen molar-refractivity contribution >= 4 is 22.6 Å². The van der Waals surface area contributed by atoms with E-state index >= 15 is 0 Å². The second-order valence-corrected chi connectivity index (χ2v) is 5.13. The quantitative estimate of drug-likeness (QED) is 0.877. The minimum Gasteiger partial charge on any atom is -0.366 e. The number of carbonyl (C=O) groups excluding carboxylic acids is 1. The molecule has 0 radical (unpaired) electrons. The summed E-state index contributed by atoms with van der Waals surface area (Å²) in [5, 5.41) is 4.09. The minimum atomic E-state index is -0.408. The van der Waals surface area contributed by atoms with E-state index in [-0.39, 0.29) is 0 Å². The molecule has 1 aromatic heterocycles. The molecule has 1 aliphatic rings. The van der Waals surface area contributed by atoms with Gasteiger partial charge in [-0.1, -0.05) is 18.2 Å². The molecule has 3 rings (SSSR count). The zero-order valence-electron chi connectivity index (χ0n) is 11.5. The van der Waals surface area contributed by atoms with E-state index in [1.54, 1.807) is 0 Å². The minimum absolute atomic E-state index is 0.408. The Balaban J connectivity index is 2.06. The number of amides is 1. The molecule has 0 spiro atoms. The monoisotopic (exact) mass is 270 g/mol. The van der Waals surface area contributed by atoms with Crippen LogP contribution in [0.4, 0.5) is 5.82 Å². The molecule has 0 bridgehead atoms. The number of likely N-dealkylation sites (N-methyl/N-ethyl adjacent to an activating group) is 1. The van der Waals surface area contributed by atoms with Gasteiger partial charge >= 0.3 is 0 Å². The number of rotatable bonds is 3. The smallest absolute Gasteiger partial charge is 0.249 e. The number of benzene rings is 1. The molecule has 0 saturated carbocycles. The zero-order chi connectivity index (χ0) is 14.1. The maximum absolute atomic E-state index is 11.7. The number of primary amides is 1. The summed E-state index contributed by atoms with van der Waals surface area (Å²) in [5.74, 6) is 0.421. The molecule has 3 N–H and O–H groups in total. The largest absolute Gasteiger partial charge is 0.366 e.